The molecule has 0 unspecified atom stereocenters. The van der Waals surface area contributed by atoms with E-state index < -0.39 is 10.0 Å². The number of nitrogens with zero attached hydrogens (tertiary/aromatic N) is 2. The lowest BCUT2D eigenvalue weighted by molar-refractivity contribution is -0.135. The number of hydrogen-bond donors (Lipinski definition) is 1. The molecule has 1 aromatic heterocycles. The molecule has 156 valence electrons. The predicted octanol–water partition coefficient (Wildman–Crippen LogP) is 3.06. The minimum atomic E-state index is -3.31. The van der Waals surface area contributed by atoms with Crippen LogP contribution in [0, 0.1) is 5.92 Å². The number of benzene rings is 1. The highest BCUT2D eigenvalue weighted by molar-refractivity contribution is 7.90. The zero-order valence-corrected chi connectivity index (χ0v) is 18.4. The summed E-state index contributed by atoms with van der Waals surface area (Å²) in [5, 5.41) is 2.70. The highest BCUT2D eigenvalue weighted by Crippen LogP contribution is 2.31. The zero-order valence-electron chi connectivity index (χ0n) is 16.7. The number of rotatable bonds is 7. The van der Waals surface area contributed by atoms with Crippen LogP contribution >= 0.6 is 11.3 Å². The van der Waals surface area contributed by atoms with Gasteiger partial charge in [0.15, 0.2) is 0 Å². The summed E-state index contributed by atoms with van der Waals surface area (Å²) in [5.41, 5.74) is 1.97. The van der Waals surface area contributed by atoms with Crippen molar-refractivity contribution in [3.05, 3.63) is 41.4 Å². The van der Waals surface area contributed by atoms with E-state index in [4.69, 9.17) is 4.98 Å². The molecule has 6 nitrogen and oxygen atoms in total. The van der Waals surface area contributed by atoms with Crippen molar-refractivity contribution in [2.24, 2.45) is 5.92 Å². The molecule has 1 saturated heterocycles. The summed E-state index contributed by atoms with van der Waals surface area (Å²) < 4.78 is 27.9. The van der Waals surface area contributed by atoms with E-state index in [0.717, 1.165) is 29.1 Å². The van der Waals surface area contributed by atoms with Gasteiger partial charge in [0.1, 0.15) is 5.01 Å². The first kappa shape index (κ1) is 20.5. The van der Waals surface area contributed by atoms with Crippen molar-refractivity contribution in [2.45, 2.75) is 56.9 Å². The SMILES string of the molecule is CC(C)C(=O)N1CC[C@H](NS(=O)(=O)C2CC2)[C@@H]1Cc1csc(-c2ccccc2)n1. The van der Waals surface area contributed by atoms with Gasteiger partial charge in [0.05, 0.1) is 17.0 Å². The summed E-state index contributed by atoms with van der Waals surface area (Å²) in [6.07, 6.45) is 2.66. The van der Waals surface area contributed by atoms with Gasteiger partial charge in [-0.1, -0.05) is 44.2 Å². The molecule has 2 atom stereocenters. The third-order valence-corrected chi connectivity index (χ3v) is 8.51. The maximum absolute atomic E-state index is 12.8. The summed E-state index contributed by atoms with van der Waals surface area (Å²) >= 11 is 1.58. The molecule has 29 heavy (non-hydrogen) atoms. The van der Waals surface area contributed by atoms with Gasteiger partial charge in [-0.3, -0.25) is 4.79 Å². The minimum Gasteiger partial charge on any atom is -0.337 e. The van der Waals surface area contributed by atoms with Gasteiger partial charge in [-0.05, 0) is 19.3 Å². The number of amides is 1. The zero-order chi connectivity index (χ0) is 20.6. The highest BCUT2D eigenvalue weighted by atomic mass is 32.2. The van der Waals surface area contributed by atoms with Crippen molar-refractivity contribution in [3.8, 4) is 10.6 Å². The molecule has 8 heteroatoms. The van der Waals surface area contributed by atoms with Crippen LogP contribution in [0.2, 0.25) is 0 Å². The summed E-state index contributed by atoms with van der Waals surface area (Å²) in [6.45, 7) is 4.35. The third kappa shape index (κ3) is 4.54. The van der Waals surface area contributed by atoms with Gasteiger partial charge >= 0.3 is 0 Å². The molecule has 1 saturated carbocycles. The lowest BCUT2D eigenvalue weighted by atomic mass is 10.0. The van der Waals surface area contributed by atoms with Gasteiger partial charge in [-0.15, -0.1) is 11.3 Å². The smallest absolute Gasteiger partial charge is 0.225 e. The lowest BCUT2D eigenvalue weighted by Crippen LogP contribution is -2.49. The molecular formula is C21H27N3O3S2. The Balaban J connectivity index is 1.55. The van der Waals surface area contributed by atoms with Crippen LogP contribution in [-0.2, 0) is 21.2 Å². The first-order valence-corrected chi connectivity index (χ1v) is 12.6. The van der Waals surface area contributed by atoms with Crippen LogP contribution in [0.3, 0.4) is 0 Å². The lowest BCUT2D eigenvalue weighted by Gasteiger charge is -2.29. The van der Waals surface area contributed by atoms with Gasteiger partial charge in [-0.2, -0.15) is 0 Å². The number of thiazole rings is 1. The Morgan fingerprint density at radius 1 is 1.24 bits per heavy atom. The molecule has 1 aliphatic heterocycles. The largest absolute Gasteiger partial charge is 0.337 e. The predicted molar refractivity (Wildman–Crippen MR) is 115 cm³/mol. The van der Waals surface area contributed by atoms with Crippen LogP contribution in [0.1, 0.15) is 38.8 Å². The summed E-state index contributed by atoms with van der Waals surface area (Å²) in [4.78, 5) is 19.4. The molecule has 1 aliphatic carbocycles. The fourth-order valence-corrected chi connectivity index (χ4v) is 6.35. The molecule has 4 rings (SSSR count). The van der Waals surface area contributed by atoms with Crippen LogP contribution in [0.4, 0.5) is 0 Å². The minimum absolute atomic E-state index is 0.0710. The molecule has 1 aromatic carbocycles. The molecule has 1 amide bonds. The van der Waals surface area contributed by atoms with E-state index in [0.29, 0.717) is 19.4 Å². The number of hydrogen-bond acceptors (Lipinski definition) is 5. The number of nitrogens with one attached hydrogen (secondary N) is 1. The van der Waals surface area contributed by atoms with Crippen LogP contribution in [-0.4, -0.2) is 48.1 Å². The second kappa shape index (κ2) is 8.16. The Labute approximate surface area is 176 Å². The fourth-order valence-electron chi connectivity index (χ4n) is 3.86. The Morgan fingerprint density at radius 3 is 2.62 bits per heavy atom. The molecule has 1 N–H and O–H groups in total. The topological polar surface area (TPSA) is 79.4 Å². The molecule has 2 fully saturated rings. The highest BCUT2D eigenvalue weighted by Gasteiger charge is 2.43. The van der Waals surface area contributed by atoms with Gasteiger partial charge in [0.25, 0.3) is 0 Å². The first-order valence-electron chi connectivity index (χ1n) is 10.2. The monoisotopic (exact) mass is 433 g/mol. The molecule has 2 aromatic rings. The summed E-state index contributed by atoms with van der Waals surface area (Å²) in [7, 11) is -3.31. The van der Waals surface area contributed by atoms with E-state index in [1.54, 1.807) is 11.3 Å². The van der Waals surface area contributed by atoms with Crippen LogP contribution in [0.5, 0.6) is 0 Å². The van der Waals surface area contributed by atoms with Crippen molar-refractivity contribution in [1.29, 1.82) is 0 Å². The Morgan fingerprint density at radius 2 is 1.97 bits per heavy atom. The number of carbonyl (C=O) groups is 1. The Kier molecular flexibility index (Phi) is 5.77. The molecule has 2 aliphatic rings. The van der Waals surface area contributed by atoms with E-state index in [-0.39, 0.29) is 29.2 Å². The van der Waals surface area contributed by atoms with E-state index in [2.05, 4.69) is 4.72 Å². The maximum Gasteiger partial charge on any atom is 0.225 e. The quantitative estimate of drug-likeness (QED) is 0.728. The Hall–Kier alpha value is -1.77. The van der Waals surface area contributed by atoms with Gasteiger partial charge in [0, 0.05) is 35.9 Å². The molecule has 0 bridgehead atoms. The third-order valence-electron chi connectivity index (χ3n) is 5.59. The van der Waals surface area contributed by atoms with Crippen molar-refractivity contribution in [2.75, 3.05) is 6.54 Å². The van der Waals surface area contributed by atoms with E-state index >= 15 is 0 Å². The molecule has 0 radical (unpaired) electrons. The van der Waals surface area contributed by atoms with Crippen molar-refractivity contribution in [3.63, 3.8) is 0 Å². The van der Waals surface area contributed by atoms with Crippen molar-refractivity contribution in [1.82, 2.24) is 14.6 Å². The van der Waals surface area contributed by atoms with Crippen molar-refractivity contribution < 1.29 is 13.2 Å². The fraction of sp³-hybridized carbons (Fsp3) is 0.524. The number of aromatic nitrogens is 1. The average molecular weight is 434 g/mol. The Bertz CT molecular complexity index is 968. The van der Waals surface area contributed by atoms with Gasteiger partial charge in [-0.25, -0.2) is 18.1 Å². The van der Waals surface area contributed by atoms with Crippen LogP contribution in [0.15, 0.2) is 35.7 Å². The molecular weight excluding hydrogens is 406 g/mol. The number of carbonyl (C=O) groups excluding carboxylic acids is 1. The van der Waals surface area contributed by atoms with Crippen LogP contribution in [0.25, 0.3) is 10.6 Å². The van der Waals surface area contributed by atoms with Gasteiger partial charge in [0.2, 0.25) is 15.9 Å². The maximum atomic E-state index is 12.8. The normalized spacial score (nSPS) is 22.4. The summed E-state index contributed by atoms with van der Waals surface area (Å²) in [5.74, 6) is -0.0479. The standard InChI is InChI=1S/C21H27N3O3S2/c1-14(2)21(25)24-11-10-18(23-29(26,27)17-8-9-17)19(24)12-16-13-28-20(22-16)15-6-4-3-5-7-15/h3-7,13-14,17-19,23H,8-12H2,1-2H3/t18-,19-/m0/s1. The number of sulfonamides is 1. The first-order chi connectivity index (χ1) is 13.8. The molecule has 2 heterocycles. The second-order valence-electron chi connectivity index (χ2n) is 8.23. The van der Waals surface area contributed by atoms with E-state index in [9.17, 15) is 13.2 Å². The number of likely N-dealkylation sites (tertiary alicyclic amines) is 1. The molecule has 0 spiro atoms. The second-order valence-corrected chi connectivity index (χ2v) is 11.1. The van der Waals surface area contributed by atoms with E-state index in [1.165, 1.54) is 0 Å². The van der Waals surface area contributed by atoms with Gasteiger partial charge < -0.3 is 4.90 Å². The van der Waals surface area contributed by atoms with Crippen LogP contribution < -0.4 is 4.72 Å². The average Bonchev–Trinajstić information content (AvgIpc) is 3.37. The summed E-state index contributed by atoms with van der Waals surface area (Å²) in [6, 6.07) is 9.54. The van der Waals surface area contributed by atoms with Crippen molar-refractivity contribution >= 4 is 27.3 Å². The van der Waals surface area contributed by atoms with E-state index in [1.807, 2.05) is 54.5 Å².